The van der Waals surface area contributed by atoms with Crippen molar-refractivity contribution in [3.63, 3.8) is 0 Å². The number of aromatic nitrogens is 2. The molecule has 0 fully saturated rings. The van der Waals surface area contributed by atoms with Crippen LogP contribution in [0.3, 0.4) is 0 Å². The molecule has 0 amide bonds. The van der Waals surface area contributed by atoms with Crippen LogP contribution in [0, 0.1) is 0 Å². The summed E-state index contributed by atoms with van der Waals surface area (Å²) in [6.45, 7) is 2.89. The van der Waals surface area contributed by atoms with Crippen LogP contribution in [-0.4, -0.2) is 33.1 Å². The van der Waals surface area contributed by atoms with Crippen molar-refractivity contribution in [3.05, 3.63) is 6.20 Å². The molecule has 0 spiro atoms. The maximum Gasteiger partial charge on any atom is 0.239 e. The number of nitrogens with two attached hydrogens (primary N) is 1. The molecular weight excluding hydrogens is 200 g/mol. The number of anilines is 2. The smallest absolute Gasteiger partial charge is 0.239 e. The topological polar surface area (TPSA) is 84.1 Å². The lowest BCUT2D eigenvalue weighted by Gasteiger charge is -2.04. The van der Waals surface area contributed by atoms with E-state index < -0.39 is 0 Å². The van der Waals surface area contributed by atoms with Crippen molar-refractivity contribution in [2.45, 2.75) is 6.92 Å². The van der Waals surface area contributed by atoms with Crippen molar-refractivity contribution in [2.24, 2.45) is 0 Å². The Labute approximate surface area is 87.1 Å². The maximum atomic E-state index is 9.18. The molecule has 4 N–H and O–H groups in total. The molecule has 0 radical (unpaired) electrons. The molecule has 1 heterocycles. The second-order valence-electron chi connectivity index (χ2n) is 2.60. The van der Waals surface area contributed by atoms with Crippen LogP contribution in [-0.2, 0) is 0 Å². The summed E-state index contributed by atoms with van der Waals surface area (Å²) in [6.07, 6.45) is 1.39. The first-order chi connectivity index (χ1) is 6.74. The van der Waals surface area contributed by atoms with Gasteiger partial charge in [0.15, 0.2) is 0 Å². The van der Waals surface area contributed by atoms with Crippen LogP contribution in [0.25, 0.3) is 0 Å². The minimum atomic E-state index is -0.175. The van der Waals surface area contributed by atoms with E-state index in [1.807, 2.05) is 11.8 Å². The van der Waals surface area contributed by atoms with Crippen molar-refractivity contribution in [1.29, 1.82) is 0 Å². The van der Waals surface area contributed by atoms with Crippen molar-refractivity contribution in [1.82, 2.24) is 9.97 Å². The maximum absolute atomic E-state index is 9.18. The highest BCUT2D eigenvalue weighted by Gasteiger charge is 2.00. The van der Waals surface area contributed by atoms with E-state index in [1.54, 1.807) is 0 Å². The van der Waals surface area contributed by atoms with Crippen LogP contribution in [0.1, 0.15) is 6.92 Å². The number of nitrogen functional groups attached to an aromatic ring is 1. The molecule has 78 valence electrons. The van der Waals surface area contributed by atoms with Gasteiger partial charge < -0.3 is 16.2 Å². The molecule has 0 aliphatic rings. The number of aromatic hydroxyl groups is 1. The average molecular weight is 214 g/mol. The fourth-order valence-electron chi connectivity index (χ4n) is 0.847. The van der Waals surface area contributed by atoms with Gasteiger partial charge in [0.05, 0.1) is 6.20 Å². The summed E-state index contributed by atoms with van der Waals surface area (Å²) in [5.41, 5.74) is 5.55. The molecule has 0 unspecified atom stereocenters. The molecule has 1 aromatic heterocycles. The molecule has 0 aromatic carbocycles. The standard InChI is InChI=1S/C8H14N4OS/c1-2-14-4-3-10-8-11-5-6(9)7(13)12-8/h5H,2-4,9H2,1H3,(H2,10,11,12,13). The molecule has 14 heavy (non-hydrogen) atoms. The average Bonchev–Trinajstić information content (AvgIpc) is 2.18. The largest absolute Gasteiger partial charge is 0.492 e. The number of rotatable bonds is 5. The molecular formula is C8H14N4OS. The van der Waals surface area contributed by atoms with Crippen LogP contribution < -0.4 is 11.1 Å². The van der Waals surface area contributed by atoms with Gasteiger partial charge in [0.1, 0.15) is 5.69 Å². The SMILES string of the molecule is CCSCCNc1ncc(N)c(O)n1. The Balaban J connectivity index is 2.39. The highest BCUT2D eigenvalue weighted by Crippen LogP contribution is 2.15. The van der Waals surface area contributed by atoms with Gasteiger partial charge in [-0.15, -0.1) is 0 Å². The zero-order valence-corrected chi connectivity index (χ0v) is 8.84. The molecule has 0 saturated carbocycles. The number of hydrogen-bond acceptors (Lipinski definition) is 6. The van der Waals surface area contributed by atoms with E-state index >= 15 is 0 Å². The van der Waals surface area contributed by atoms with Crippen molar-refractivity contribution in [3.8, 4) is 5.88 Å². The lowest BCUT2D eigenvalue weighted by atomic mass is 10.5. The number of thioether (sulfide) groups is 1. The number of nitrogens with one attached hydrogen (secondary N) is 1. The minimum Gasteiger partial charge on any atom is -0.492 e. The third-order valence-corrected chi connectivity index (χ3v) is 2.43. The highest BCUT2D eigenvalue weighted by atomic mass is 32.2. The highest BCUT2D eigenvalue weighted by molar-refractivity contribution is 7.99. The third-order valence-electron chi connectivity index (χ3n) is 1.53. The Hall–Kier alpha value is -1.17. The van der Waals surface area contributed by atoms with E-state index in [9.17, 15) is 5.11 Å². The van der Waals surface area contributed by atoms with E-state index in [0.29, 0.717) is 5.95 Å². The van der Waals surface area contributed by atoms with Crippen LogP contribution in [0.4, 0.5) is 11.6 Å². The van der Waals surface area contributed by atoms with Crippen molar-refractivity contribution in [2.75, 3.05) is 29.1 Å². The molecule has 0 aliphatic carbocycles. The molecule has 0 aliphatic heterocycles. The van der Waals surface area contributed by atoms with Gasteiger partial charge in [-0.25, -0.2) is 4.98 Å². The zero-order valence-electron chi connectivity index (χ0n) is 8.03. The second kappa shape index (κ2) is 5.54. The van der Waals surface area contributed by atoms with Crippen LogP contribution in [0.2, 0.25) is 0 Å². The van der Waals surface area contributed by atoms with E-state index in [2.05, 4.69) is 22.2 Å². The first-order valence-electron chi connectivity index (χ1n) is 4.37. The summed E-state index contributed by atoms with van der Waals surface area (Å²) in [4.78, 5) is 7.69. The van der Waals surface area contributed by atoms with Gasteiger partial charge in [-0.2, -0.15) is 16.7 Å². The first-order valence-corrected chi connectivity index (χ1v) is 5.52. The van der Waals surface area contributed by atoms with Gasteiger partial charge in [-0.3, -0.25) is 0 Å². The summed E-state index contributed by atoms with van der Waals surface area (Å²) >= 11 is 1.83. The van der Waals surface area contributed by atoms with Crippen molar-refractivity contribution >= 4 is 23.4 Å². The summed E-state index contributed by atoms with van der Waals surface area (Å²) in [6, 6.07) is 0. The monoisotopic (exact) mass is 214 g/mol. The Morgan fingerprint density at radius 2 is 2.43 bits per heavy atom. The number of hydrogen-bond donors (Lipinski definition) is 3. The second-order valence-corrected chi connectivity index (χ2v) is 3.99. The Kier molecular flexibility index (Phi) is 4.31. The number of nitrogens with zero attached hydrogens (tertiary/aromatic N) is 2. The van der Waals surface area contributed by atoms with E-state index in [4.69, 9.17) is 5.73 Å². The van der Waals surface area contributed by atoms with Gasteiger partial charge in [-0.1, -0.05) is 6.92 Å². The molecule has 0 saturated heterocycles. The van der Waals surface area contributed by atoms with Gasteiger partial charge in [0.25, 0.3) is 0 Å². The first kappa shape index (κ1) is 10.9. The molecule has 0 atom stereocenters. The van der Waals surface area contributed by atoms with Gasteiger partial charge in [0.2, 0.25) is 11.8 Å². The summed E-state index contributed by atoms with van der Waals surface area (Å²) in [5.74, 6) is 2.32. The predicted molar refractivity (Wildman–Crippen MR) is 59.6 cm³/mol. The van der Waals surface area contributed by atoms with E-state index in [0.717, 1.165) is 18.1 Å². The minimum absolute atomic E-state index is 0.175. The lowest BCUT2D eigenvalue weighted by molar-refractivity contribution is 0.456. The van der Waals surface area contributed by atoms with E-state index in [1.165, 1.54) is 6.20 Å². The van der Waals surface area contributed by atoms with Gasteiger partial charge >= 0.3 is 0 Å². The zero-order chi connectivity index (χ0) is 10.4. The quantitative estimate of drug-likeness (QED) is 0.632. The molecule has 0 bridgehead atoms. The normalized spacial score (nSPS) is 10.1. The molecule has 1 aromatic rings. The van der Waals surface area contributed by atoms with Crippen LogP contribution in [0.15, 0.2) is 6.20 Å². The molecule has 5 nitrogen and oxygen atoms in total. The predicted octanol–water partition coefficient (Wildman–Crippen LogP) is 0.929. The molecule has 1 rings (SSSR count). The van der Waals surface area contributed by atoms with Gasteiger partial charge in [-0.05, 0) is 5.75 Å². The Morgan fingerprint density at radius 3 is 3.07 bits per heavy atom. The summed E-state index contributed by atoms with van der Waals surface area (Å²) in [5, 5.41) is 12.2. The van der Waals surface area contributed by atoms with Crippen LogP contribution in [0.5, 0.6) is 5.88 Å². The Morgan fingerprint density at radius 1 is 1.64 bits per heavy atom. The summed E-state index contributed by atoms with van der Waals surface area (Å²) < 4.78 is 0. The van der Waals surface area contributed by atoms with Crippen LogP contribution >= 0.6 is 11.8 Å². The summed E-state index contributed by atoms with van der Waals surface area (Å²) in [7, 11) is 0. The Bertz CT molecular complexity index is 295. The fraction of sp³-hybridized carbons (Fsp3) is 0.500. The lowest BCUT2D eigenvalue weighted by Crippen LogP contribution is -2.07. The molecule has 6 heteroatoms. The van der Waals surface area contributed by atoms with Gasteiger partial charge in [0, 0.05) is 12.3 Å². The van der Waals surface area contributed by atoms with E-state index in [-0.39, 0.29) is 11.6 Å². The van der Waals surface area contributed by atoms with Crippen molar-refractivity contribution < 1.29 is 5.11 Å². The fourth-order valence-corrected chi connectivity index (χ4v) is 1.38. The third kappa shape index (κ3) is 3.29.